The Morgan fingerprint density at radius 3 is 2.45 bits per heavy atom. The predicted octanol–water partition coefficient (Wildman–Crippen LogP) is 4.01. The number of nitrogens with zero attached hydrogens (tertiary/aromatic N) is 2. The first-order valence-electron chi connectivity index (χ1n) is 7.89. The number of piperidine rings is 1. The highest BCUT2D eigenvalue weighted by Crippen LogP contribution is 2.27. The van der Waals surface area contributed by atoms with Crippen LogP contribution in [0.4, 0.5) is 5.69 Å². The zero-order chi connectivity index (χ0) is 14.9. The van der Waals surface area contributed by atoms with Crippen LogP contribution in [0.15, 0.2) is 36.5 Å². The smallest absolute Gasteiger partial charge is 0.0722 e. The molecule has 0 unspecified atom stereocenters. The molecule has 0 spiro atoms. The fourth-order valence-electron chi connectivity index (χ4n) is 3.23. The number of rotatable bonds is 2. The highest BCUT2D eigenvalue weighted by molar-refractivity contribution is 5.91. The van der Waals surface area contributed by atoms with Gasteiger partial charge in [0, 0.05) is 41.9 Å². The maximum absolute atomic E-state index is 4.46. The van der Waals surface area contributed by atoms with Gasteiger partial charge in [-0.3, -0.25) is 4.98 Å². The number of fused-ring (bicyclic) bond motifs is 1. The largest absolute Gasteiger partial charge is 0.371 e. The molecule has 120 valence electrons. The van der Waals surface area contributed by atoms with Gasteiger partial charge in [-0.2, -0.15) is 0 Å². The van der Waals surface area contributed by atoms with Gasteiger partial charge in [0.1, 0.15) is 0 Å². The van der Waals surface area contributed by atoms with Crippen molar-refractivity contribution in [3.05, 3.63) is 36.5 Å². The monoisotopic (exact) mass is 319 g/mol. The SMILES string of the molecule is CC(C)(C)NC1CCN(c2ccnc3ccccc23)CC1.Cl. The fraction of sp³-hybridized carbons (Fsp3) is 0.500. The zero-order valence-electron chi connectivity index (χ0n) is 13.7. The number of pyridine rings is 1. The Morgan fingerprint density at radius 1 is 1.09 bits per heavy atom. The molecule has 1 saturated heterocycles. The minimum absolute atomic E-state index is 0. The summed E-state index contributed by atoms with van der Waals surface area (Å²) >= 11 is 0. The van der Waals surface area contributed by atoms with Crippen LogP contribution < -0.4 is 10.2 Å². The molecule has 0 aliphatic carbocycles. The van der Waals surface area contributed by atoms with Crippen LogP contribution in [0.3, 0.4) is 0 Å². The highest BCUT2D eigenvalue weighted by atomic mass is 35.5. The molecule has 1 aliphatic heterocycles. The van der Waals surface area contributed by atoms with Gasteiger partial charge in [-0.05, 0) is 45.7 Å². The second-order valence-electron chi connectivity index (χ2n) is 7.00. The fourth-order valence-corrected chi connectivity index (χ4v) is 3.23. The Hall–Kier alpha value is -1.32. The second-order valence-corrected chi connectivity index (χ2v) is 7.00. The van der Waals surface area contributed by atoms with Gasteiger partial charge in [-0.25, -0.2) is 0 Å². The van der Waals surface area contributed by atoms with Gasteiger partial charge in [0.2, 0.25) is 0 Å². The minimum Gasteiger partial charge on any atom is -0.371 e. The van der Waals surface area contributed by atoms with Crippen LogP contribution in [-0.2, 0) is 0 Å². The van der Waals surface area contributed by atoms with E-state index in [4.69, 9.17) is 0 Å². The van der Waals surface area contributed by atoms with E-state index in [0.717, 1.165) is 18.6 Å². The van der Waals surface area contributed by atoms with Crippen molar-refractivity contribution in [2.75, 3.05) is 18.0 Å². The van der Waals surface area contributed by atoms with E-state index >= 15 is 0 Å². The topological polar surface area (TPSA) is 28.2 Å². The lowest BCUT2D eigenvalue weighted by Crippen LogP contribution is -2.49. The molecule has 3 rings (SSSR count). The average Bonchev–Trinajstić information content (AvgIpc) is 2.46. The quantitative estimate of drug-likeness (QED) is 0.906. The van der Waals surface area contributed by atoms with E-state index in [1.54, 1.807) is 0 Å². The number of hydrogen-bond acceptors (Lipinski definition) is 3. The zero-order valence-corrected chi connectivity index (χ0v) is 14.5. The number of anilines is 1. The van der Waals surface area contributed by atoms with Crippen LogP contribution in [-0.4, -0.2) is 29.7 Å². The molecule has 22 heavy (non-hydrogen) atoms. The third kappa shape index (κ3) is 3.90. The van der Waals surface area contributed by atoms with Crippen molar-refractivity contribution < 1.29 is 0 Å². The molecular formula is C18H26ClN3. The summed E-state index contributed by atoms with van der Waals surface area (Å²) in [5, 5.41) is 4.99. The summed E-state index contributed by atoms with van der Waals surface area (Å²) in [7, 11) is 0. The number of hydrogen-bond donors (Lipinski definition) is 1. The lowest BCUT2D eigenvalue weighted by Gasteiger charge is -2.37. The van der Waals surface area contributed by atoms with Gasteiger partial charge < -0.3 is 10.2 Å². The number of nitrogens with one attached hydrogen (secondary N) is 1. The van der Waals surface area contributed by atoms with Gasteiger partial charge in [0.15, 0.2) is 0 Å². The summed E-state index contributed by atoms with van der Waals surface area (Å²) in [5.74, 6) is 0. The van der Waals surface area contributed by atoms with Crippen molar-refractivity contribution in [1.29, 1.82) is 0 Å². The Bertz CT molecular complexity index is 608. The molecule has 4 heteroatoms. The summed E-state index contributed by atoms with van der Waals surface area (Å²) in [5.41, 5.74) is 2.62. The molecule has 3 nitrogen and oxygen atoms in total. The number of aromatic nitrogens is 1. The van der Waals surface area contributed by atoms with E-state index < -0.39 is 0 Å². The number of para-hydroxylation sites is 1. The van der Waals surface area contributed by atoms with E-state index in [0.29, 0.717) is 6.04 Å². The molecule has 2 heterocycles. The molecular weight excluding hydrogens is 294 g/mol. The average molecular weight is 320 g/mol. The molecule has 1 aromatic carbocycles. The standard InChI is InChI=1S/C18H25N3.ClH/c1-18(2,3)20-14-9-12-21(13-10-14)17-8-11-19-16-7-5-4-6-15(16)17;/h4-8,11,14,20H,9-10,12-13H2,1-3H3;1H. The van der Waals surface area contributed by atoms with E-state index in [1.165, 1.54) is 23.9 Å². The Balaban J connectivity index is 0.00000176. The van der Waals surface area contributed by atoms with E-state index in [9.17, 15) is 0 Å². The van der Waals surface area contributed by atoms with Crippen LogP contribution in [0.1, 0.15) is 33.6 Å². The Labute approximate surface area is 139 Å². The molecule has 0 atom stereocenters. The van der Waals surface area contributed by atoms with Gasteiger partial charge >= 0.3 is 0 Å². The van der Waals surface area contributed by atoms with Gasteiger partial charge in [0.25, 0.3) is 0 Å². The molecule has 2 aromatic rings. The summed E-state index contributed by atoms with van der Waals surface area (Å²) in [6, 6.07) is 11.2. The maximum atomic E-state index is 4.46. The van der Waals surface area contributed by atoms with E-state index in [-0.39, 0.29) is 17.9 Å². The predicted molar refractivity (Wildman–Crippen MR) is 97.1 cm³/mol. The molecule has 1 aromatic heterocycles. The first kappa shape index (κ1) is 17.0. The molecule has 1 aliphatic rings. The van der Waals surface area contributed by atoms with Crippen molar-refractivity contribution >= 4 is 29.0 Å². The van der Waals surface area contributed by atoms with Crippen molar-refractivity contribution in [3.63, 3.8) is 0 Å². The first-order valence-corrected chi connectivity index (χ1v) is 7.89. The van der Waals surface area contributed by atoms with Crippen molar-refractivity contribution in [2.24, 2.45) is 0 Å². The van der Waals surface area contributed by atoms with Crippen molar-refractivity contribution in [3.8, 4) is 0 Å². The summed E-state index contributed by atoms with van der Waals surface area (Å²) < 4.78 is 0. The molecule has 1 N–H and O–H groups in total. The lowest BCUT2D eigenvalue weighted by molar-refractivity contribution is 0.317. The lowest BCUT2D eigenvalue weighted by atomic mass is 9.99. The summed E-state index contributed by atoms with van der Waals surface area (Å²) in [6.45, 7) is 8.96. The Kier molecular flexibility index (Phi) is 5.30. The van der Waals surface area contributed by atoms with E-state index in [1.807, 2.05) is 6.20 Å². The van der Waals surface area contributed by atoms with Gasteiger partial charge in [-0.15, -0.1) is 12.4 Å². The number of halogens is 1. The highest BCUT2D eigenvalue weighted by Gasteiger charge is 2.23. The third-order valence-corrected chi connectivity index (χ3v) is 4.10. The van der Waals surface area contributed by atoms with Crippen molar-refractivity contribution in [2.45, 2.75) is 45.2 Å². The minimum atomic E-state index is 0. The molecule has 0 radical (unpaired) electrons. The van der Waals surface area contributed by atoms with E-state index in [2.05, 4.69) is 66.3 Å². The summed E-state index contributed by atoms with van der Waals surface area (Å²) in [6.07, 6.45) is 4.33. The third-order valence-electron chi connectivity index (χ3n) is 4.10. The van der Waals surface area contributed by atoms with Crippen LogP contribution in [0.5, 0.6) is 0 Å². The second kappa shape index (κ2) is 6.84. The maximum Gasteiger partial charge on any atom is 0.0722 e. The van der Waals surface area contributed by atoms with Gasteiger partial charge in [-0.1, -0.05) is 18.2 Å². The molecule has 0 bridgehead atoms. The number of benzene rings is 1. The Morgan fingerprint density at radius 2 is 1.77 bits per heavy atom. The van der Waals surface area contributed by atoms with Crippen LogP contribution >= 0.6 is 12.4 Å². The molecule has 0 amide bonds. The van der Waals surface area contributed by atoms with Crippen LogP contribution in [0.2, 0.25) is 0 Å². The normalized spacial score (nSPS) is 16.6. The first-order chi connectivity index (χ1) is 10.0. The molecule has 1 fully saturated rings. The van der Waals surface area contributed by atoms with Crippen molar-refractivity contribution in [1.82, 2.24) is 10.3 Å². The van der Waals surface area contributed by atoms with Crippen LogP contribution in [0.25, 0.3) is 10.9 Å². The summed E-state index contributed by atoms with van der Waals surface area (Å²) in [4.78, 5) is 6.97. The van der Waals surface area contributed by atoms with Crippen LogP contribution in [0, 0.1) is 0 Å². The van der Waals surface area contributed by atoms with Gasteiger partial charge in [0.05, 0.1) is 5.52 Å². The molecule has 0 saturated carbocycles.